The van der Waals surface area contributed by atoms with Crippen LogP contribution >= 0.6 is 0 Å². The first-order chi connectivity index (χ1) is 8.28. The molecule has 0 amide bonds. The third-order valence-corrected chi connectivity index (χ3v) is 2.76. The van der Waals surface area contributed by atoms with Crippen LogP contribution in [-0.2, 0) is 6.42 Å². The SMILES string of the molecule is CC(C)CNCC(C)(C)Cc1cc(F)cc(F)c1. The zero-order valence-corrected chi connectivity index (χ0v) is 11.7. The number of nitrogens with one attached hydrogen (secondary N) is 1. The van der Waals surface area contributed by atoms with Crippen molar-refractivity contribution in [2.24, 2.45) is 11.3 Å². The molecule has 0 atom stereocenters. The molecule has 0 radical (unpaired) electrons. The van der Waals surface area contributed by atoms with Crippen molar-refractivity contribution in [1.82, 2.24) is 5.32 Å². The molecule has 0 saturated carbocycles. The summed E-state index contributed by atoms with van der Waals surface area (Å²) >= 11 is 0. The summed E-state index contributed by atoms with van der Waals surface area (Å²) in [6, 6.07) is 3.73. The van der Waals surface area contributed by atoms with Gasteiger partial charge in [0.25, 0.3) is 0 Å². The van der Waals surface area contributed by atoms with Crippen molar-refractivity contribution in [3.63, 3.8) is 0 Å². The topological polar surface area (TPSA) is 12.0 Å². The molecule has 0 saturated heterocycles. The highest BCUT2D eigenvalue weighted by molar-refractivity contribution is 5.19. The van der Waals surface area contributed by atoms with Crippen LogP contribution in [0.2, 0.25) is 0 Å². The van der Waals surface area contributed by atoms with Crippen LogP contribution in [0.1, 0.15) is 33.3 Å². The summed E-state index contributed by atoms with van der Waals surface area (Å²) in [6.07, 6.45) is 0.659. The molecule has 1 rings (SSSR count). The fourth-order valence-electron chi connectivity index (χ4n) is 2.03. The van der Waals surface area contributed by atoms with Crippen LogP contribution in [0.5, 0.6) is 0 Å². The van der Waals surface area contributed by atoms with Crippen LogP contribution in [0.15, 0.2) is 18.2 Å². The Morgan fingerprint density at radius 2 is 1.67 bits per heavy atom. The molecule has 1 aromatic rings. The predicted octanol–water partition coefficient (Wildman–Crippen LogP) is 3.78. The molecule has 3 heteroatoms. The smallest absolute Gasteiger partial charge is 0.126 e. The van der Waals surface area contributed by atoms with Crippen molar-refractivity contribution < 1.29 is 8.78 Å². The van der Waals surface area contributed by atoms with Gasteiger partial charge in [-0.05, 0) is 42.0 Å². The minimum atomic E-state index is -0.504. The summed E-state index contributed by atoms with van der Waals surface area (Å²) < 4.78 is 26.2. The summed E-state index contributed by atoms with van der Waals surface area (Å²) in [5.41, 5.74) is 0.693. The summed E-state index contributed by atoms with van der Waals surface area (Å²) in [7, 11) is 0. The van der Waals surface area contributed by atoms with E-state index in [9.17, 15) is 8.78 Å². The lowest BCUT2D eigenvalue weighted by Gasteiger charge is -2.26. The Hall–Kier alpha value is -0.960. The first kappa shape index (κ1) is 15.1. The zero-order chi connectivity index (χ0) is 13.8. The summed E-state index contributed by atoms with van der Waals surface area (Å²) in [5.74, 6) is -0.403. The van der Waals surface area contributed by atoms with Gasteiger partial charge < -0.3 is 5.32 Å². The van der Waals surface area contributed by atoms with E-state index in [1.165, 1.54) is 12.1 Å². The van der Waals surface area contributed by atoms with Crippen LogP contribution < -0.4 is 5.32 Å². The molecule has 0 aliphatic heterocycles. The van der Waals surface area contributed by atoms with E-state index < -0.39 is 11.6 Å². The molecular formula is C15H23F2N. The Balaban J connectivity index is 2.58. The number of rotatable bonds is 6. The molecule has 0 unspecified atom stereocenters. The maximum atomic E-state index is 13.1. The molecule has 0 aliphatic carbocycles. The van der Waals surface area contributed by atoms with Gasteiger partial charge in [0.1, 0.15) is 11.6 Å². The van der Waals surface area contributed by atoms with E-state index in [2.05, 4.69) is 33.0 Å². The lowest BCUT2D eigenvalue weighted by Crippen LogP contribution is -2.33. The Labute approximate surface area is 109 Å². The molecule has 0 spiro atoms. The minimum absolute atomic E-state index is 0.0187. The van der Waals surface area contributed by atoms with E-state index in [0.717, 1.165) is 19.2 Å². The first-order valence-electron chi connectivity index (χ1n) is 6.44. The van der Waals surface area contributed by atoms with Crippen LogP contribution in [-0.4, -0.2) is 13.1 Å². The van der Waals surface area contributed by atoms with Crippen LogP contribution in [0, 0.1) is 23.0 Å². The van der Waals surface area contributed by atoms with Gasteiger partial charge in [-0.3, -0.25) is 0 Å². The minimum Gasteiger partial charge on any atom is -0.316 e. The van der Waals surface area contributed by atoms with Crippen LogP contribution in [0.25, 0.3) is 0 Å². The molecular weight excluding hydrogens is 232 g/mol. The summed E-state index contributed by atoms with van der Waals surface area (Å²) in [5, 5.41) is 3.39. The van der Waals surface area contributed by atoms with E-state index in [0.29, 0.717) is 17.9 Å². The monoisotopic (exact) mass is 255 g/mol. The normalized spacial score (nSPS) is 12.2. The van der Waals surface area contributed by atoms with E-state index >= 15 is 0 Å². The Kier molecular flexibility index (Phi) is 5.27. The molecule has 0 bridgehead atoms. The average molecular weight is 255 g/mol. The number of hydrogen-bond acceptors (Lipinski definition) is 1. The lowest BCUT2D eigenvalue weighted by molar-refractivity contribution is 0.329. The van der Waals surface area contributed by atoms with Crippen molar-refractivity contribution in [2.75, 3.05) is 13.1 Å². The second-order valence-corrected chi connectivity index (χ2v) is 6.14. The van der Waals surface area contributed by atoms with Gasteiger partial charge in [-0.2, -0.15) is 0 Å². The molecule has 0 fully saturated rings. The molecule has 18 heavy (non-hydrogen) atoms. The predicted molar refractivity (Wildman–Crippen MR) is 71.6 cm³/mol. The van der Waals surface area contributed by atoms with E-state index in [-0.39, 0.29) is 5.41 Å². The number of hydrogen-bond donors (Lipinski definition) is 1. The second kappa shape index (κ2) is 6.28. The quantitative estimate of drug-likeness (QED) is 0.815. The highest BCUT2D eigenvalue weighted by atomic mass is 19.1. The van der Waals surface area contributed by atoms with E-state index in [1.807, 2.05) is 0 Å². The molecule has 102 valence electrons. The average Bonchev–Trinajstić information content (AvgIpc) is 2.12. The molecule has 0 heterocycles. The van der Waals surface area contributed by atoms with Gasteiger partial charge in [-0.25, -0.2) is 8.78 Å². The Morgan fingerprint density at radius 1 is 1.11 bits per heavy atom. The van der Waals surface area contributed by atoms with Crippen LogP contribution in [0.3, 0.4) is 0 Å². The second-order valence-electron chi connectivity index (χ2n) is 6.14. The van der Waals surface area contributed by atoms with Crippen molar-refractivity contribution in [3.05, 3.63) is 35.4 Å². The molecule has 1 N–H and O–H groups in total. The van der Waals surface area contributed by atoms with Gasteiger partial charge in [-0.15, -0.1) is 0 Å². The lowest BCUT2D eigenvalue weighted by atomic mass is 9.85. The van der Waals surface area contributed by atoms with Gasteiger partial charge in [0.2, 0.25) is 0 Å². The maximum absolute atomic E-state index is 13.1. The number of halogens is 2. The van der Waals surface area contributed by atoms with E-state index in [4.69, 9.17) is 0 Å². The third-order valence-electron chi connectivity index (χ3n) is 2.76. The van der Waals surface area contributed by atoms with Gasteiger partial charge in [0.15, 0.2) is 0 Å². The first-order valence-corrected chi connectivity index (χ1v) is 6.44. The van der Waals surface area contributed by atoms with Crippen molar-refractivity contribution >= 4 is 0 Å². The molecule has 1 nitrogen and oxygen atoms in total. The Bertz CT molecular complexity index is 366. The van der Waals surface area contributed by atoms with Gasteiger partial charge in [-0.1, -0.05) is 27.7 Å². The molecule has 0 aromatic heterocycles. The largest absolute Gasteiger partial charge is 0.316 e. The highest BCUT2D eigenvalue weighted by Crippen LogP contribution is 2.22. The fraction of sp³-hybridized carbons (Fsp3) is 0.600. The van der Waals surface area contributed by atoms with Gasteiger partial charge in [0, 0.05) is 12.6 Å². The Morgan fingerprint density at radius 3 is 2.17 bits per heavy atom. The zero-order valence-electron chi connectivity index (χ0n) is 11.7. The van der Waals surface area contributed by atoms with Gasteiger partial charge in [0.05, 0.1) is 0 Å². The van der Waals surface area contributed by atoms with Crippen molar-refractivity contribution in [2.45, 2.75) is 34.1 Å². The standard InChI is InChI=1S/C15H23F2N/c1-11(2)9-18-10-15(3,4)8-12-5-13(16)7-14(17)6-12/h5-7,11,18H,8-10H2,1-4H3. The highest BCUT2D eigenvalue weighted by Gasteiger charge is 2.19. The summed E-state index contributed by atoms with van der Waals surface area (Å²) in [4.78, 5) is 0. The maximum Gasteiger partial charge on any atom is 0.126 e. The van der Waals surface area contributed by atoms with Gasteiger partial charge >= 0.3 is 0 Å². The van der Waals surface area contributed by atoms with Crippen molar-refractivity contribution in [1.29, 1.82) is 0 Å². The van der Waals surface area contributed by atoms with E-state index in [1.54, 1.807) is 0 Å². The summed E-state index contributed by atoms with van der Waals surface area (Å²) in [6.45, 7) is 10.3. The van der Waals surface area contributed by atoms with Crippen molar-refractivity contribution in [3.8, 4) is 0 Å². The molecule has 1 aromatic carbocycles. The molecule has 0 aliphatic rings. The fourth-order valence-corrected chi connectivity index (χ4v) is 2.03. The number of benzene rings is 1. The third kappa shape index (κ3) is 5.58. The van der Waals surface area contributed by atoms with Crippen LogP contribution in [0.4, 0.5) is 8.78 Å².